The molecule has 3 aromatic carbocycles. The maximum Gasteiger partial charge on any atom is 0.334 e. The van der Waals surface area contributed by atoms with Crippen LogP contribution in [-0.4, -0.2) is 26.0 Å². The quantitative estimate of drug-likeness (QED) is 0.362. The van der Waals surface area contributed by atoms with Crippen molar-refractivity contribution in [3.8, 4) is 0 Å². The first-order valence-corrected chi connectivity index (χ1v) is 11.0. The molecule has 0 radical (unpaired) electrons. The molecule has 0 saturated heterocycles. The van der Waals surface area contributed by atoms with Gasteiger partial charge in [0.1, 0.15) is 11.5 Å². The van der Waals surface area contributed by atoms with Gasteiger partial charge in [0.15, 0.2) is 0 Å². The Kier molecular flexibility index (Phi) is 6.94. The minimum atomic E-state index is -3.99. The molecule has 7 nitrogen and oxygen atoms in total. The molecule has 0 aliphatic rings. The van der Waals surface area contributed by atoms with Gasteiger partial charge in [-0.25, -0.2) is 17.9 Å². The fourth-order valence-corrected chi connectivity index (χ4v) is 3.62. The van der Waals surface area contributed by atoms with Crippen molar-refractivity contribution in [1.29, 1.82) is 0 Å². The zero-order valence-corrected chi connectivity index (χ0v) is 17.9. The van der Waals surface area contributed by atoms with E-state index in [0.29, 0.717) is 5.71 Å². The molecular weight excluding hydrogens is 412 g/mol. The second kappa shape index (κ2) is 9.82. The minimum absolute atomic E-state index is 0.00342. The number of carbonyl (C=O) groups excluding carboxylic acids is 1. The van der Waals surface area contributed by atoms with Gasteiger partial charge in [0.25, 0.3) is 10.0 Å². The number of sulfonamides is 1. The summed E-state index contributed by atoms with van der Waals surface area (Å²) in [6.07, 6.45) is 0. The van der Waals surface area contributed by atoms with E-state index in [9.17, 15) is 13.2 Å². The van der Waals surface area contributed by atoms with Crippen molar-refractivity contribution in [1.82, 2.24) is 10.0 Å². The first-order valence-electron chi connectivity index (χ1n) is 9.49. The number of amides is 2. The largest absolute Gasteiger partial charge is 0.334 e. The van der Waals surface area contributed by atoms with E-state index in [1.807, 2.05) is 72.3 Å². The van der Waals surface area contributed by atoms with E-state index in [1.165, 1.54) is 19.1 Å². The molecule has 0 heterocycles. The van der Waals surface area contributed by atoms with Crippen LogP contribution in [0.25, 0.3) is 0 Å². The van der Waals surface area contributed by atoms with Crippen LogP contribution in [0.3, 0.4) is 0 Å². The van der Waals surface area contributed by atoms with Crippen LogP contribution in [0.2, 0.25) is 0 Å². The smallest absolute Gasteiger partial charge is 0.294 e. The number of carbonyl (C=O) groups is 1. The zero-order chi connectivity index (χ0) is 22.3. The molecule has 3 rings (SSSR count). The van der Waals surface area contributed by atoms with Crippen molar-refractivity contribution < 1.29 is 13.2 Å². The lowest BCUT2D eigenvalue weighted by molar-refractivity contribution is 0.250. The van der Waals surface area contributed by atoms with E-state index in [0.717, 1.165) is 16.7 Å². The average molecular weight is 435 g/mol. The predicted molar refractivity (Wildman–Crippen MR) is 122 cm³/mol. The van der Waals surface area contributed by atoms with Crippen LogP contribution in [0.4, 0.5) is 4.79 Å². The molecule has 2 amide bonds. The number of benzene rings is 3. The first-order chi connectivity index (χ1) is 14.8. The van der Waals surface area contributed by atoms with Gasteiger partial charge in [0.2, 0.25) is 0 Å². The highest BCUT2D eigenvalue weighted by molar-refractivity contribution is 7.90. The van der Waals surface area contributed by atoms with E-state index in [4.69, 9.17) is 0 Å². The summed E-state index contributed by atoms with van der Waals surface area (Å²) < 4.78 is 26.6. The molecule has 0 aliphatic carbocycles. The van der Waals surface area contributed by atoms with Gasteiger partial charge >= 0.3 is 6.03 Å². The van der Waals surface area contributed by atoms with Crippen molar-refractivity contribution in [2.45, 2.75) is 18.7 Å². The van der Waals surface area contributed by atoms with Crippen LogP contribution in [0.5, 0.6) is 0 Å². The number of rotatable bonds is 5. The van der Waals surface area contributed by atoms with Gasteiger partial charge in [-0.15, -0.1) is 10.2 Å². The molecule has 0 atom stereocenters. The van der Waals surface area contributed by atoms with Crippen LogP contribution in [0, 0.1) is 6.92 Å². The summed E-state index contributed by atoms with van der Waals surface area (Å²) in [5, 5.41) is 10.8. The second-order valence-electron chi connectivity index (χ2n) is 6.74. The molecule has 0 unspecified atom stereocenters. The third kappa shape index (κ3) is 6.10. The molecular formula is C23H22N4O3S. The van der Waals surface area contributed by atoms with Gasteiger partial charge in [-0.05, 0) is 26.0 Å². The molecule has 158 valence electrons. The van der Waals surface area contributed by atoms with Gasteiger partial charge in [0.05, 0.1) is 4.90 Å². The van der Waals surface area contributed by atoms with Crippen LogP contribution < -0.4 is 10.0 Å². The lowest BCUT2D eigenvalue weighted by Crippen LogP contribution is -2.41. The molecule has 0 bridgehead atoms. The fourth-order valence-electron chi connectivity index (χ4n) is 2.71. The number of hydrogen-bond acceptors (Lipinski definition) is 5. The summed E-state index contributed by atoms with van der Waals surface area (Å²) in [5.74, 6) is 0.140. The van der Waals surface area contributed by atoms with Crippen molar-refractivity contribution in [3.63, 3.8) is 0 Å². The highest BCUT2D eigenvalue weighted by Gasteiger charge is 2.17. The SMILES string of the molecule is C/C(=N\N=C(c1ccccc1)c1ccccc1)NC(=O)NS(=O)(=O)c1ccc(C)cc1. The Labute approximate surface area is 181 Å². The number of nitrogens with zero attached hydrogens (tertiary/aromatic N) is 2. The average Bonchev–Trinajstić information content (AvgIpc) is 2.75. The Morgan fingerprint density at radius 2 is 1.29 bits per heavy atom. The number of aryl methyl sites for hydroxylation is 1. The summed E-state index contributed by atoms with van der Waals surface area (Å²) in [5.41, 5.74) is 3.25. The first kappa shape index (κ1) is 21.9. The van der Waals surface area contributed by atoms with Crippen LogP contribution in [0.15, 0.2) is 100 Å². The normalized spacial score (nSPS) is 11.5. The second-order valence-corrected chi connectivity index (χ2v) is 8.42. The predicted octanol–water partition coefficient (Wildman–Crippen LogP) is 3.85. The van der Waals surface area contributed by atoms with Gasteiger partial charge < -0.3 is 0 Å². The van der Waals surface area contributed by atoms with Crippen molar-refractivity contribution >= 4 is 27.6 Å². The number of amidine groups is 1. The van der Waals surface area contributed by atoms with Crippen molar-refractivity contribution in [2.75, 3.05) is 0 Å². The Hall–Kier alpha value is -3.78. The van der Waals surface area contributed by atoms with Gasteiger partial charge in [0, 0.05) is 11.1 Å². The number of hydrogen-bond donors (Lipinski definition) is 2. The van der Waals surface area contributed by atoms with Crippen molar-refractivity contribution in [3.05, 3.63) is 102 Å². The lowest BCUT2D eigenvalue weighted by atomic mass is 10.0. The molecule has 0 saturated carbocycles. The van der Waals surface area contributed by atoms with Gasteiger partial charge in [-0.2, -0.15) is 0 Å². The highest BCUT2D eigenvalue weighted by atomic mass is 32.2. The minimum Gasteiger partial charge on any atom is -0.294 e. The third-order valence-electron chi connectivity index (χ3n) is 4.25. The van der Waals surface area contributed by atoms with E-state index >= 15 is 0 Å². The van der Waals surface area contributed by atoms with Gasteiger partial charge in [-0.1, -0.05) is 78.4 Å². The molecule has 0 aliphatic heterocycles. The van der Waals surface area contributed by atoms with E-state index < -0.39 is 16.1 Å². The molecule has 31 heavy (non-hydrogen) atoms. The van der Waals surface area contributed by atoms with E-state index in [2.05, 4.69) is 15.5 Å². The monoisotopic (exact) mass is 434 g/mol. The third-order valence-corrected chi connectivity index (χ3v) is 5.59. The number of urea groups is 1. The molecule has 0 spiro atoms. The molecule has 0 aromatic heterocycles. The Bertz CT molecular complexity index is 1160. The zero-order valence-electron chi connectivity index (χ0n) is 17.1. The van der Waals surface area contributed by atoms with Crippen LogP contribution in [-0.2, 0) is 10.0 Å². The van der Waals surface area contributed by atoms with Crippen molar-refractivity contribution in [2.24, 2.45) is 10.2 Å². The van der Waals surface area contributed by atoms with Gasteiger partial charge in [-0.3, -0.25) is 5.32 Å². The Morgan fingerprint density at radius 1 is 0.774 bits per heavy atom. The molecule has 2 N–H and O–H groups in total. The Morgan fingerprint density at radius 3 is 1.81 bits per heavy atom. The molecule has 0 fully saturated rings. The summed E-state index contributed by atoms with van der Waals surface area (Å²) in [6, 6.07) is 24.3. The summed E-state index contributed by atoms with van der Waals surface area (Å²) in [6.45, 7) is 3.37. The van der Waals surface area contributed by atoms with Crippen LogP contribution in [0.1, 0.15) is 23.6 Å². The summed E-state index contributed by atoms with van der Waals surface area (Å²) >= 11 is 0. The van der Waals surface area contributed by atoms with Crippen LogP contribution >= 0.6 is 0 Å². The van der Waals surface area contributed by atoms with E-state index in [-0.39, 0.29) is 10.7 Å². The highest BCUT2D eigenvalue weighted by Crippen LogP contribution is 2.12. The molecule has 8 heteroatoms. The topological polar surface area (TPSA) is 100.0 Å². The molecule has 3 aromatic rings. The standard InChI is InChI=1S/C23H22N4O3S/c1-17-13-15-21(16-14-17)31(29,30)27-23(28)24-18(2)25-26-22(19-9-5-3-6-10-19)20-11-7-4-8-12-20/h3-16H,1-2H3,(H2,24,25,27,28). The lowest BCUT2D eigenvalue weighted by Gasteiger charge is -2.08. The summed E-state index contributed by atoms with van der Waals surface area (Å²) in [4.78, 5) is 12.2. The number of nitrogens with one attached hydrogen (secondary N) is 2. The maximum atomic E-state index is 12.3. The Balaban J connectivity index is 1.77. The fraction of sp³-hybridized carbons (Fsp3) is 0.0870. The van der Waals surface area contributed by atoms with E-state index in [1.54, 1.807) is 12.1 Å². The summed E-state index contributed by atoms with van der Waals surface area (Å²) in [7, 11) is -3.99. The maximum absolute atomic E-state index is 12.3.